The lowest BCUT2D eigenvalue weighted by atomic mass is 9.92. The second kappa shape index (κ2) is 9.26. The minimum atomic E-state index is -3.93. The summed E-state index contributed by atoms with van der Waals surface area (Å²) in [5, 5.41) is 1.81. The summed E-state index contributed by atoms with van der Waals surface area (Å²) in [6.45, 7) is 1.48. The molecule has 9 nitrogen and oxygen atoms in total. The number of nitrogens with two attached hydrogens (primary N) is 1. The van der Waals surface area contributed by atoms with Gasteiger partial charge in [0.2, 0.25) is 21.9 Å². The molecule has 1 aliphatic heterocycles. The van der Waals surface area contributed by atoms with Crippen LogP contribution in [-0.4, -0.2) is 46.4 Å². The number of aromatic nitrogens is 3. The van der Waals surface area contributed by atoms with Crippen molar-refractivity contribution in [3.63, 3.8) is 0 Å². The van der Waals surface area contributed by atoms with Crippen LogP contribution in [0.1, 0.15) is 29.4 Å². The molecule has 0 aliphatic carbocycles. The van der Waals surface area contributed by atoms with Crippen LogP contribution in [0.2, 0.25) is 0 Å². The molecule has 0 bridgehead atoms. The van der Waals surface area contributed by atoms with Crippen LogP contribution in [0.4, 0.5) is 13.2 Å². The summed E-state index contributed by atoms with van der Waals surface area (Å²) in [6, 6.07) is 1.89. The summed E-state index contributed by atoms with van der Waals surface area (Å²) in [5.74, 6) is -4.37. The van der Waals surface area contributed by atoms with Gasteiger partial charge >= 0.3 is 0 Å². The van der Waals surface area contributed by atoms with E-state index in [0.717, 1.165) is 28.7 Å². The van der Waals surface area contributed by atoms with Crippen LogP contribution in [0.3, 0.4) is 0 Å². The number of sulfonamides is 1. The third-order valence-electron chi connectivity index (χ3n) is 5.21. The fourth-order valence-corrected chi connectivity index (χ4v) is 5.36. The van der Waals surface area contributed by atoms with Crippen molar-refractivity contribution in [2.24, 2.45) is 10.7 Å². The van der Waals surface area contributed by atoms with E-state index in [0.29, 0.717) is 5.69 Å². The highest BCUT2D eigenvalue weighted by molar-refractivity contribution is 7.89. The smallest absolute Gasteiger partial charge is 0.239 e. The maximum absolute atomic E-state index is 14.8. The first-order chi connectivity index (χ1) is 16.5. The maximum atomic E-state index is 14.8. The normalized spacial score (nSPS) is 20.0. The Morgan fingerprint density at radius 1 is 1.29 bits per heavy atom. The van der Waals surface area contributed by atoms with Crippen LogP contribution >= 0.6 is 11.3 Å². The molecule has 2 N–H and O–H groups in total. The van der Waals surface area contributed by atoms with Crippen LogP contribution in [0.5, 0.6) is 5.88 Å². The Morgan fingerprint density at radius 2 is 2.06 bits per heavy atom. The molecule has 14 heteroatoms. The molecule has 1 unspecified atom stereocenters. The SMILES string of the molecule is CN1C(N)=NC(C)(c2cc(C=C(F)c3cnc(OCc4cscn4)cn3)cc(F)c2F)CS1(=O)=O. The maximum Gasteiger partial charge on any atom is 0.239 e. The number of guanidine groups is 1. The number of hydrogen-bond donors (Lipinski definition) is 1. The highest BCUT2D eigenvalue weighted by atomic mass is 32.2. The topological polar surface area (TPSA) is 124 Å². The average Bonchev–Trinajstić information content (AvgIpc) is 3.32. The van der Waals surface area contributed by atoms with Crippen molar-refractivity contribution in [2.75, 3.05) is 12.8 Å². The predicted molar refractivity (Wildman–Crippen MR) is 124 cm³/mol. The van der Waals surface area contributed by atoms with Crippen molar-refractivity contribution in [3.8, 4) is 5.88 Å². The van der Waals surface area contributed by atoms with Gasteiger partial charge in [0.25, 0.3) is 0 Å². The Labute approximate surface area is 202 Å². The molecular weight excluding hydrogens is 505 g/mol. The van der Waals surface area contributed by atoms with Gasteiger partial charge in [-0.2, -0.15) is 0 Å². The number of nitrogens with zero attached hydrogens (tertiary/aromatic N) is 5. The number of aliphatic imine (C=N–C) groups is 1. The van der Waals surface area contributed by atoms with Gasteiger partial charge in [0, 0.05) is 18.0 Å². The van der Waals surface area contributed by atoms with E-state index in [9.17, 15) is 21.6 Å². The summed E-state index contributed by atoms with van der Waals surface area (Å²) < 4.78 is 75.0. The summed E-state index contributed by atoms with van der Waals surface area (Å²) in [6.07, 6.45) is 3.26. The molecule has 0 fully saturated rings. The van der Waals surface area contributed by atoms with E-state index in [-0.39, 0.29) is 35.3 Å². The van der Waals surface area contributed by atoms with Crippen molar-refractivity contribution in [1.29, 1.82) is 0 Å². The number of rotatable bonds is 6. The molecule has 3 heterocycles. The third kappa shape index (κ3) is 5.12. The zero-order chi connectivity index (χ0) is 25.4. The monoisotopic (exact) mass is 524 g/mol. The van der Waals surface area contributed by atoms with E-state index in [4.69, 9.17) is 10.5 Å². The highest BCUT2D eigenvalue weighted by Gasteiger charge is 2.42. The first kappa shape index (κ1) is 24.6. The van der Waals surface area contributed by atoms with E-state index in [1.807, 2.05) is 0 Å². The van der Waals surface area contributed by atoms with Crippen molar-refractivity contribution >= 4 is 39.2 Å². The van der Waals surface area contributed by atoms with Crippen LogP contribution in [0, 0.1) is 11.6 Å². The minimum Gasteiger partial charge on any atom is -0.470 e. The Balaban J connectivity index is 1.62. The molecule has 1 atom stereocenters. The van der Waals surface area contributed by atoms with Crippen LogP contribution in [0.15, 0.2) is 40.4 Å². The molecule has 1 aliphatic rings. The lowest BCUT2D eigenvalue weighted by Gasteiger charge is -2.34. The van der Waals surface area contributed by atoms with E-state index >= 15 is 0 Å². The predicted octanol–water partition coefficient (Wildman–Crippen LogP) is 3.06. The molecule has 0 amide bonds. The van der Waals surface area contributed by atoms with Crippen LogP contribution in [-0.2, 0) is 22.2 Å². The van der Waals surface area contributed by atoms with Gasteiger partial charge in [-0.15, -0.1) is 11.3 Å². The number of benzene rings is 1. The molecule has 2 aromatic heterocycles. The second-order valence-corrected chi connectivity index (χ2v) is 10.6. The summed E-state index contributed by atoms with van der Waals surface area (Å²) in [5.41, 5.74) is 5.70. The number of halogens is 3. The largest absolute Gasteiger partial charge is 0.470 e. The number of thiazole rings is 1. The van der Waals surface area contributed by atoms with Gasteiger partial charge in [-0.05, 0) is 30.7 Å². The molecule has 0 saturated heterocycles. The lowest BCUT2D eigenvalue weighted by Crippen LogP contribution is -2.50. The van der Waals surface area contributed by atoms with E-state index in [1.165, 1.54) is 31.5 Å². The van der Waals surface area contributed by atoms with Gasteiger partial charge in [0.1, 0.15) is 17.8 Å². The van der Waals surface area contributed by atoms with Gasteiger partial charge in [-0.1, -0.05) is 0 Å². The van der Waals surface area contributed by atoms with Crippen molar-refractivity contribution < 1.29 is 26.3 Å². The molecular formula is C21H19F3N6O3S2. The average molecular weight is 525 g/mol. The first-order valence-electron chi connectivity index (χ1n) is 9.99. The number of hydrogen-bond acceptors (Lipinski definition) is 9. The molecule has 4 rings (SSSR count). The third-order valence-corrected chi connectivity index (χ3v) is 7.80. The molecule has 3 aromatic rings. The zero-order valence-electron chi connectivity index (χ0n) is 18.4. The Hall–Kier alpha value is -3.52. The van der Waals surface area contributed by atoms with E-state index < -0.39 is 38.8 Å². The van der Waals surface area contributed by atoms with Crippen molar-refractivity contribution in [2.45, 2.75) is 19.1 Å². The number of ether oxygens (including phenoxy) is 1. The lowest BCUT2D eigenvalue weighted by molar-refractivity contribution is 0.288. The molecule has 0 spiro atoms. The Bertz CT molecular complexity index is 1410. The van der Waals surface area contributed by atoms with E-state index in [2.05, 4.69) is 19.9 Å². The van der Waals surface area contributed by atoms with Gasteiger partial charge in [-0.25, -0.2) is 45.8 Å². The van der Waals surface area contributed by atoms with Crippen molar-refractivity contribution in [1.82, 2.24) is 19.3 Å². The fraction of sp³-hybridized carbons (Fsp3) is 0.238. The quantitative estimate of drug-likeness (QED) is 0.526. The van der Waals surface area contributed by atoms with Crippen LogP contribution in [0.25, 0.3) is 11.9 Å². The standard InChI is InChI=1S/C21H19F3N6O3S2/c1-21(10-35(31,32)30(2)20(25)29-21)14-3-12(5-16(23)19(14)24)4-15(22)17-6-27-18(7-26-17)33-8-13-9-34-11-28-13/h3-7,9,11H,8,10H2,1-2H3,(H2,25,29). The highest BCUT2D eigenvalue weighted by Crippen LogP contribution is 2.35. The molecule has 35 heavy (non-hydrogen) atoms. The summed E-state index contributed by atoms with van der Waals surface area (Å²) in [4.78, 5) is 16.1. The van der Waals surface area contributed by atoms with Gasteiger partial charge < -0.3 is 10.5 Å². The molecule has 184 valence electrons. The van der Waals surface area contributed by atoms with Gasteiger partial charge in [0.15, 0.2) is 17.5 Å². The molecule has 0 saturated carbocycles. The Morgan fingerprint density at radius 3 is 2.69 bits per heavy atom. The zero-order valence-corrected chi connectivity index (χ0v) is 20.1. The van der Waals surface area contributed by atoms with Crippen LogP contribution < -0.4 is 10.5 Å². The minimum absolute atomic E-state index is 0.0756. The fourth-order valence-electron chi connectivity index (χ4n) is 3.36. The van der Waals surface area contributed by atoms with Crippen molar-refractivity contribution in [3.05, 3.63) is 69.6 Å². The second-order valence-electron chi connectivity index (χ2n) is 7.83. The summed E-state index contributed by atoms with van der Waals surface area (Å²) >= 11 is 1.41. The van der Waals surface area contributed by atoms with Gasteiger partial charge in [-0.3, -0.25) is 0 Å². The molecule has 0 radical (unpaired) electrons. The van der Waals surface area contributed by atoms with Gasteiger partial charge in [0.05, 0.1) is 29.4 Å². The summed E-state index contributed by atoms with van der Waals surface area (Å²) in [7, 11) is -2.73. The Kier molecular flexibility index (Phi) is 6.51. The van der Waals surface area contributed by atoms with E-state index in [1.54, 1.807) is 10.9 Å². The first-order valence-corrected chi connectivity index (χ1v) is 12.5. The molecule has 1 aromatic carbocycles.